The average Bonchev–Trinajstić information content (AvgIpc) is 2.14. The zero-order chi connectivity index (χ0) is 11.3. The molecule has 0 heterocycles. The van der Waals surface area contributed by atoms with Gasteiger partial charge < -0.3 is 11.1 Å². The molecule has 0 aromatic rings. The second-order valence-corrected chi connectivity index (χ2v) is 5.12. The summed E-state index contributed by atoms with van der Waals surface area (Å²) in [5.41, 5.74) is 5.37. The van der Waals surface area contributed by atoms with Gasteiger partial charge in [-0.3, -0.25) is 4.79 Å². The number of amides is 1. The van der Waals surface area contributed by atoms with E-state index in [4.69, 9.17) is 5.73 Å². The monoisotopic (exact) mass is 210 g/mol. The van der Waals surface area contributed by atoms with Gasteiger partial charge in [0.1, 0.15) is 0 Å². The average molecular weight is 210 g/mol. The first-order valence-electron chi connectivity index (χ1n) is 5.68. The number of nitrogens with one attached hydrogen (secondary N) is 1. The fraction of sp³-hybridized carbons (Fsp3) is 0.750. The van der Waals surface area contributed by atoms with E-state index in [-0.39, 0.29) is 5.91 Å². The van der Waals surface area contributed by atoms with E-state index in [0.29, 0.717) is 12.3 Å². The Hall–Kier alpha value is -0.830. The summed E-state index contributed by atoms with van der Waals surface area (Å²) in [4.78, 5) is 11.5. The van der Waals surface area contributed by atoms with E-state index >= 15 is 0 Å². The van der Waals surface area contributed by atoms with E-state index in [0.717, 1.165) is 19.4 Å². The molecule has 0 saturated carbocycles. The molecule has 1 atom stereocenters. The topological polar surface area (TPSA) is 55.1 Å². The lowest BCUT2D eigenvalue weighted by Gasteiger charge is -2.21. The molecule has 0 spiro atoms. The van der Waals surface area contributed by atoms with Crippen molar-refractivity contribution in [1.82, 2.24) is 5.32 Å². The van der Waals surface area contributed by atoms with E-state index in [2.05, 4.69) is 17.5 Å². The molecule has 86 valence electrons. The molecule has 0 radical (unpaired) electrons. The predicted octanol–water partition coefficient (Wildman–Crippen LogP) is 1.59. The highest BCUT2D eigenvalue weighted by Crippen LogP contribution is 2.17. The number of hydrogen-bond donors (Lipinski definition) is 2. The summed E-state index contributed by atoms with van der Waals surface area (Å²) in [7, 11) is 0. The lowest BCUT2D eigenvalue weighted by molar-refractivity contribution is -0.122. The third-order valence-electron chi connectivity index (χ3n) is 2.58. The van der Waals surface area contributed by atoms with Crippen LogP contribution in [0.15, 0.2) is 12.2 Å². The second-order valence-electron chi connectivity index (χ2n) is 5.12. The van der Waals surface area contributed by atoms with Crippen molar-refractivity contribution in [3.05, 3.63) is 12.2 Å². The zero-order valence-electron chi connectivity index (χ0n) is 9.75. The fourth-order valence-corrected chi connectivity index (χ4v) is 1.78. The summed E-state index contributed by atoms with van der Waals surface area (Å²) in [6, 6.07) is 0. The minimum absolute atomic E-state index is 0.0667. The van der Waals surface area contributed by atoms with Crippen LogP contribution in [-0.2, 0) is 4.79 Å². The van der Waals surface area contributed by atoms with E-state index < -0.39 is 5.54 Å². The number of allylic oxidation sites excluding steroid dienone is 2. The zero-order valence-corrected chi connectivity index (χ0v) is 9.75. The summed E-state index contributed by atoms with van der Waals surface area (Å²) < 4.78 is 0. The smallest absolute Gasteiger partial charge is 0.221 e. The van der Waals surface area contributed by atoms with Crippen molar-refractivity contribution in [1.29, 1.82) is 0 Å². The van der Waals surface area contributed by atoms with Crippen LogP contribution < -0.4 is 11.1 Å². The predicted molar refractivity (Wildman–Crippen MR) is 62.4 cm³/mol. The summed E-state index contributed by atoms with van der Waals surface area (Å²) in [6.45, 7) is 4.53. The van der Waals surface area contributed by atoms with Gasteiger partial charge in [0.05, 0.1) is 0 Å². The third-order valence-corrected chi connectivity index (χ3v) is 2.58. The summed E-state index contributed by atoms with van der Waals surface area (Å²) in [6.07, 6.45) is 8.22. The number of carbonyl (C=O) groups is 1. The first-order valence-corrected chi connectivity index (χ1v) is 5.68. The van der Waals surface area contributed by atoms with Crippen LogP contribution in [0.2, 0.25) is 0 Å². The quantitative estimate of drug-likeness (QED) is 0.692. The van der Waals surface area contributed by atoms with E-state index in [1.165, 1.54) is 6.42 Å². The van der Waals surface area contributed by atoms with Gasteiger partial charge in [-0.15, -0.1) is 0 Å². The van der Waals surface area contributed by atoms with Crippen molar-refractivity contribution in [2.24, 2.45) is 11.7 Å². The van der Waals surface area contributed by atoms with Crippen molar-refractivity contribution in [3.8, 4) is 0 Å². The SMILES string of the molecule is CC(C)(N)CC(=O)NCC1CC=CCC1. The van der Waals surface area contributed by atoms with Gasteiger partial charge in [0, 0.05) is 18.5 Å². The molecule has 0 aliphatic heterocycles. The molecule has 1 aliphatic rings. The largest absolute Gasteiger partial charge is 0.356 e. The molecule has 3 N–H and O–H groups in total. The molecular weight excluding hydrogens is 188 g/mol. The van der Waals surface area contributed by atoms with Crippen molar-refractivity contribution < 1.29 is 4.79 Å². The van der Waals surface area contributed by atoms with Crippen LogP contribution in [0.3, 0.4) is 0 Å². The molecule has 1 rings (SSSR count). The first-order chi connectivity index (χ1) is 6.97. The molecule has 0 saturated heterocycles. The van der Waals surface area contributed by atoms with Gasteiger partial charge in [-0.05, 0) is 39.0 Å². The van der Waals surface area contributed by atoms with Crippen LogP contribution in [0.25, 0.3) is 0 Å². The van der Waals surface area contributed by atoms with E-state index in [9.17, 15) is 4.79 Å². The number of rotatable bonds is 4. The Morgan fingerprint density at radius 2 is 2.27 bits per heavy atom. The number of hydrogen-bond acceptors (Lipinski definition) is 2. The molecule has 0 bridgehead atoms. The van der Waals surface area contributed by atoms with Crippen LogP contribution in [0, 0.1) is 5.92 Å². The number of carbonyl (C=O) groups excluding carboxylic acids is 1. The van der Waals surface area contributed by atoms with Crippen LogP contribution in [-0.4, -0.2) is 18.0 Å². The second kappa shape index (κ2) is 5.31. The molecular formula is C12H22N2O. The van der Waals surface area contributed by atoms with Crippen molar-refractivity contribution in [3.63, 3.8) is 0 Å². The number of nitrogens with two attached hydrogens (primary N) is 1. The standard InChI is InChI=1S/C12H22N2O/c1-12(2,13)8-11(15)14-9-10-6-4-3-5-7-10/h3-4,10H,5-9,13H2,1-2H3,(H,14,15). The molecule has 0 fully saturated rings. The van der Waals surface area contributed by atoms with Crippen LogP contribution in [0.5, 0.6) is 0 Å². The Balaban J connectivity index is 2.19. The van der Waals surface area contributed by atoms with Crippen LogP contribution in [0.1, 0.15) is 39.5 Å². The lowest BCUT2D eigenvalue weighted by atomic mass is 9.94. The minimum atomic E-state index is -0.406. The van der Waals surface area contributed by atoms with Crippen molar-refractivity contribution in [2.45, 2.75) is 45.1 Å². The molecule has 0 aromatic heterocycles. The van der Waals surface area contributed by atoms with Gasteiger partial charge in [0.2, 0.25) is 5.91 Å². The van der Waals surface area contributed by atoms with Crippen LogP contribution >= 0.6 is 0 Å². The van der Waals surface area contributed by atoms with Gasteiger partial charge >= 0.3 is 0 Å². The van der Waals surface area contributed by atoms with Gasteiger partial charge in [0.25, 0.3) is 0 Å². The summed E-state index contributed by atoms with van der Waals surface area (Å²) in [5.74, 6) is 0.678. The highest BCUT2D eigenvalue weighted by molar-refractivity contribution is 5.77. The Morgan fingerprint density at radius 1 is 1.53 bits per heavy atom. The maximum Gasteiger partial charge on any atom is 0.221 e. The summed E-state index contributed by atoms with van der Waals surface area (Å²) in [5, 5.41) is 2.96. The molecule has 1 amide bonds. The molecule has 0 aromatic carbocycles. The maximum absolute atomic E-state index is 11.5. The Bertz CT molecular complexity index is 240. The normalized spacial score (nSPS) is 21.4. The fourth-order valence-electron chi connectivity index (χ4n) is 1.78. The van der Waals surface area contributed by atoms with Crippen molar-refractivity contribution >= 4 is 5.91 Å². The molecule has 3 nitrogen and oxygen atoms in total. The van der Waals surface area contributed by atoms with E-state index in [1.807, 2.05) is 13.8 Å². The minimum Gasteiger partial charge on any atom is -0.356 e. The molecule has 3 heteroatoms. The Kier molecular flexibility index (Phi) is 4.33. The maximum atomic E-state index is 11.5. The van der Waals surface area contributed by atoms with Gasteiger partial charge in [-0.2, -0.15) is 0 Å². The van der Waals surface area contributed by atoms with E-state index in [1.54, 1.807) is 0 Å². The molecule has 15 heavy (non-hydrogen) atoms. The first kappa shape index (κ1) is 12.2. The van der Waals surface area contributed by atoms with Crippen LogP contribution in [0.4, 0.5) is 0 Å². The summed E-state index contributed by atoms with van der Waals surface area (Å²) >= 11 is 0. The Labute approximate surface area is 92.1 Å². The molecule has 1 aliphatic carbocycles. The lowest BCUT2D eigenvalue weighted by Crippen LogP contribution is -2.40. The molecule has 1 unspecified atom stereocenters. The third kappa shape index (κ3) is 5.57. The Morgan fingerprint density at radius 3 is 2.80 bits per heavy atom. The van der Waals surface area contributed by atoms with Gasteiger partial charge in [0.15, 0.2) is 0 Å². The van der Waals surface area contributed by atoms with Gasteiger partial charge in [-0.1, -0.05) is 12.2 Å². The highest BCUT2D eigenvalue weighted by Gasteiger charge is 2.17. The highest BCUT2D eigenvalue weighted by atomic mass is 16.1. The van der Waals surface area contributed by atoms with Crippen molar-refractivity contribution in [2.75, 3.05) is 6.54 Å². The van der Waals surface area contributed by atoms with Gasteiger partial charge in [-0.25, -0.2) is 0 Å².